The number of benzene rings is 2. The molecule has 5 aromatic rings. The zero-order valence-electron chi connectivity index (χ0n) is 15.8. The van der Waals surface area contributed by atoms with Gasteiger partial charge < -0.3 is 15.6 Å². The summed E-state index contributed by atoms with van der Waals surface area (Å²) in [5, 5.41) is 7.09. The number of pyridine rings is 1. The average molecular weight is 421 g/mol. The molecule has 0 radical (unpaired) electrons. The first-order valence-corrected chi connectivity index (χ1v) is 9.23. The van der Waals surface area contributed by atoms with Gasteiger partial charge in [0.25, 0.3) is 0 Å². The topological polar surface area (TPSA) is 91.4 Å². The Morgan fingerprint density at radius 3 is 2.45 bits per heavy atom. The van der Waals surface area contributed by atoms with Crippen LogP contribution in [0, 0.1) is 0 Å². The van der Waals surface area contributed by atoms with Gasteiger partial charge in [-0.3, -0.25) is 4.98 Å². The lowest BCUT2D eigenvalue weighted by Gasteiger charge is -2.11. The van der Waals surface area contributed by atoms with Crippen molar-refractivity contribution in [2.24, 2.45) is 0 Å². The van der Waals surface area contributed by atoms with Crippen molar-refractivity contribution in [1.29, 1.82) is 0 Å². The van der Waals surface area contributed by atoms with E-state index in [1.165, 1.54) is 18.5 Å². The number of rotatable bonds is 4. The molecule has 0 aliphatic rings. The lowest BCUT2D eigenvalue weighted by Crippen LogP contribution is -2.05. The van der Waals surface area contributed by atoms with E-state index in [0.29, 0.717) is 28.4 Å². The molecule has 0 aliphatic carbocycles. The van der Waals surface area contributed by atoms with Crippen LogP contribution in [0.5, 0.6) is 0 Å². The van der Waals surface area contributed by atoms with E-state index >= 15 is 0 Å². The summed E-state index contributed by atoms with van der Waals surface area (Å²) in [5.74, 6) is 0.643. The number of para-hydroxylation sites is 1. The monoisotopic (exact) mass is 421 g/mol. The van der Waals surface area contributed by atoms with Crippen molar-refractivity contribution in [3.63, 3.8) is 0 Å². The van der Waals surface area contributed by atoms with Crippen LogP contribution in [-0.4, -0.2) is 24.9 Å². The summed E-state index contributed by atoms with van der Waals surface area (Å²) < 4.78 is 38.3. The Kier molecular flexibility index (Phi) is 4.39. The van der Waals surface area contributed by atoms with Crippen molar-refractivity contribution in [2.45, 2.75) is 6.18 Å². The van der Waals surface area contributed by atoms with E-state index in [0.717, 1.165) is 23.0 Å². The Morgan fingerprint density at radius 2 is 1.65 bits per heavy atom. The van der Waals surface area contributed by atoms with E-state index in [1.807, 2.05) is 30.3 Å². The summed E-state index contributed by atoms with van der Waals surface area (Å²) in [7, 11) is 0. The maximum absolute atomic E-state index is 12.8. The first-order chi connectivity index (χ1) is 15.0. The van der Waals surface area contributed by atoms with E-state index in [-0.39, 0.29) is 5.95 Å². The number of hydrogen-bond acceptors (Lipinski definition) is 6. The molecule has 0 atom stereocenters. The highest BCUT2D eigenvalue weighted by atomic mass is 19.4. The molecule has 2 aromatic carbocycles. The minimum atomic E-state index is -4.39. The molecule has 0 bridgehead atoms. The van der Waals surface area contributed by atoms with E-state index in [4.69, 9.17) is 0 Å². The predicted octanol–water partition coefficient (Wildman–Crippen LogP) is 5.41. The van der Waals surface area contributed by atoms with Gasteiger partial charge in [0.1, 0.15) is 5.52 Å². The van der Waals surface area contributed by atoms with Crippen molar-refractivity contribution >= 4 is 45.2 Å². The number of imidazole rings is 1. The van der Waals surface area contributed by atoms with Gasteiger partial charge in [-0.1, -0.05) is 18.2 Å². The van der Waals surface area contributed by atoms with Gasteiger partial charge >= 0.3 is 6.18 Å². The van der Waals surface area contributed by atoms with Gasteiger partial charge in [-0.25, -0.2) is 4.98 Å². The number of hydrogen-bond donors (Lipinski definition) is 3. The Morgan fingerprint density at radius 1 is 0.839 bits per heavy atom. The van der Waals surface area contributed by atoms with Gasteiger partial charge in [0, 0.05) is 11.1 Å². The summed E-state index contributed by atoms with van der Waals surface area (Å²) in [4.78, 5) is 20.4. The summed E-state index contributed by atoms with van der Waals surface area (Å²) in [6, 6.07) is 14.3. The molecule has 0 amide bonds. The number of aromatic amines is 1. The maximum atomic E-state index is 12.8. The quantitative estimate of drug-likeness (QED) is 0.360. The third-order valence-electron chi connectivity index (χ3n) is 4.61. The van der Waals surface area contributed by atoms with Gasteiger partial charge in [0.2, 0.25) is 5.95 Å². The molecule has 5 rings (SSSR count). The van der Waals surface area contributed by atoms with Crippen LogP contribution < -0.4 is 10.6 Å². The van der Waals surface area contributed by atoms with Crippen molar-refractivity contribution in [3.05, 3.63) is 72.7 Å². The molecule has 154 valence electrons. The molecule has 3 aromatic heterocycles. The van der Waals surface area contributed by atoms with Crippen LogP contribution in [0.2, 0.25) is 0 Å². The maximum Gasteiger partial charge on any atom is 0.416 e. The molecule has 0 fully saturated rings. The molecule has 0 saturated heterocycles. The number of fused-ring (bicyclic) bond motifs is 2. The van der Waals surface area contributed by atoms with Gasteiger partial charge in [-0.15, -0.1) is 0 Å². The van der Waals surface area contributed by atoms with Crippen LogP contribution in [0.15, 0.2) is 67.1 Å². The summed E-state index contributed by atoms with van der Waals surface area (Å²) in [6.45, 7) is 0. The molecular weight excluding hydrogens is 407 g/mol. The number of halogens is 3. The zero-order chi connectivity index (χ0) is 21.4. The number of nitrogens with zero attached hydrogens (tertiary/aromatic N) is 4. The van der Waals surface area contributed by atoms with E-state index < -0.39 is 11.7 Å². The minimum Gasteiger partial charge on any atom is -0.340 e. The van der Waals surface area contributed by atoms with Crippen LogP contribution in [0.3, 0.4) is 0 Å². The van der Waals surface area contributed by atoms with Gasteiger partial charge in [-0.05, 0) is 36.4 Å². The second kappa shape index (κ2) is 7.24. The molecule has 0 aliphatic heterocycles. The van der Waals surface area contributed by atoms with Crippen molar-refractivity contribution < 1.29 is 13.2 Å². The molecule has 3 N–H and O–H groups in total. The van der Waals surface area contributed by atoms with Crippen LogP contribution in [0.25, 0.3) is 22.1 Å². The lowest BCUT2D eigenvalue weighted by atomic mass is 10.2. The normalized spacial score (nSPS) is 11.7. The highest BCUT2D eigenvalue weighted by Gasteiger charge is 2.30. The third-order valence-corrected chi connectivity index (χ3v) is 4.61. The molecule has 7 nitrogen and oxygen atoms in total. The lowest BCUT2D eigenvalue weighted by molar-refractivity contribution is -0.137. The minimum absolute atomic E-state index is 0.190. The Labute approximate surface area is 173 Å². The highest BCUT2D eigenvalue weighted by Crippen LogP contribution is 2.31. The molecular formula is C21H14F3N7. The standard InChI is InChI=1S/C21H14F3N7/c22-21(23,24)13-5-7-14(8-6-13)29-20-30-18-17(26-11-27-18)19(31-20)28-15-9-12-3-1-2-4-16(12)25-10-15/h1-11H,(H3,26,27,28,29,30,31). The first kappa shape index (κ1) is 18.8. The fraction of sp³-hybridized carbons (Fsp3) is 0.0476. The van der Waals surface area contributed by atoms with Gasteiger partial charge in [-0.2, -0.15) is 23.1 Å². The molecule has 0 saturated carbocycles. The molecule has 0 spiro atoms. The van der Waals surface area contributed by atoms with Crippen LogP contribution >= 0.6 is 0 Å². The van der Waals surface area contributed by atoms with E-state index in [9.17, 15) is 13.2 Å². The van der Waals surface area contributed by atoms with Crippen LogP contribution in [0.1, 0.15) is 5.56 Å². The molecule has 31 heavy (non-hydrogen) atoms. The number of nitrogens with one attached hydrogen (secondary N) is 3. The Balaban J connectivity index is 1.46. The van der Waals surface area contributed by atoms with Crippen molar-refractivity contribution in [2.75, 3.05) is 10.6 Å². The van der Waals surface area contributed by atoms with Crippen LogP contribution in [-0.2, 0) is 6.18 Å². The molecule has 3 heterocycles. The molecule has 0 unspecified atom stereocenters. The SMILES string of the molecule is FC(F)(F)c1ccc(Nc2nc(Nc3cnc4ccccc4c3)c3[nH]cnc3n2)cc1. The van der Waals surface area contributed by atoms with E-state index in [1.54, 1.807) is 6.20 Å². The highest BCUT2D eigenvalue weighted by molar-refractivity contribution is 5.88. The fourth-order valence-electron chi connectivity index (χ4n) is 3.13. The number of alkyl halides is 3. The molecule has 10 heteroatoms. The number of H-pyrrole nitrogens is 1. The second-order valence-corrected chi connectivity index (χ2v) is 6.74. The average Bonchev–Trinajstić information content (AvgIpc) is 3.22. The Hall–Kier alpha value is -4.21. The smallest absolute Gasteiger partial charge is 0.340 e. The van der Waals surface area contributed by atoms with Crippen molar-refractivity contribution in [1.82, 2.24) is 24.9 Å². The number of aromatic nitrogens is 5. The third kappa shape index (κ3) is 3.82. The zero-order valence-corrected chi connectivity index (χ0v) is 15.8. The fourth-order valence-corrected chi connectivity index (χ4v) is 3.13. The second-order valence-electron chi connectivity index (χ2n) is 6.74. The Bertz CT molecular complexity index is 1380. The van der Waals surface area contributed by atoms with E-state index in [2.05, 4.69) is 35.6 Å². The van der Waals surface area contributed by atoms with Crippen molar-refractivity contribution in [3.8, 4) is 0 Å². The summed E-state index contributed by atoms with van der Waals surface area (Å²) in [6.07, 6.45) is -1.21. The number of anilines is 4. The summed E-state index contributed by atoms with van der Waals surface area (Å²) in [5.41, 5.74) is 2.27. The van der Waals surface area contributed by atoms with Gasteiger partial charge in [0.15, 0.2) is 11.5 Å². The first-order valence-electron chi connectivity index (χ1n) is 9.23. The van der Waals surface area contributed by atoms with Crippen LogP contribution in [0.4, 0.5) is 36.3 Å². The van der Waals surface area contributed by atoms with Gasteiger partial charge in [0.05, 0.1) is 29.3 Å². The predicted molar refractivity (Wildman–Crippen MR) is 111 cm³/mol. The largest absolute Gasteiger partial charge is 0.416 e. The summed E-state index contributed by atoms with van der Waals surface area (Å²) >= 11 is 0.